The Morgan fingerprint density at radius 1 is 1.53 bits per heavy atom. The normalized spacial score (nSPS) is 11.4. The molecule has 5 heteroatoms. The van der Waals surface area contributed by atoms with E-state index in [0.29, 0.717) is 17.0 Å². The van der Waals surface area contributed by atoms with Crippen molar-refractivity contribution in [1.82, 2.24) is 4.98 Å². The molecule has 0 saturated heterocycles. The van der Waals surface area contributed by atoms with Crippen molar-refractivity contribution < 1.29 is 14.7 Å². The Balaban J connectivity index is 2.93. The number of aromatic carboxylic acids is 1. The van der Waals surface area contributed by atoms with Gasteiger partial charge >= 0.3 is 5.97 Å². The van der Waals surface area contributed by atoms with Gasteiger partial charge in [0.1, 0.15) is 5.56 Å². The zero-order chi connectivity index (χ0) is 13.0. The highest BCUT2D eigenvalue weighted by molar-refractivity contribution is 6.07. The van der Waals surface area contributed by atoms with Gasteiger partial charge in [0.15, 0.2) is 0 Å². The molecule has 1 aromatic rings. The minimum atomic E-state index is -1.06. The van der Waals surface area contributed by atoms with Crippen LogP contribution in [0.1, 0.15) is 36.3 Å². The van der Waals surface area contributed by atoms with Crippen molar-refractivity contribution in [2.75, 3.05) is 5.32 Å². The smallest absolute Gasteiger partial charge is 0.339 e. The van der Waals surface area contributed by atoms with Gasteiger partial charge in [-0.3, -0.25) is 4.79 Å². The molecule has 0 radical (unpaired) electrons. The number of carbonyl (C=O) groups is 2. The highest BCUT2D eigenvalue weighted by Crippen LogP contribution is 2.19. The molecule has 0 unspecified atom stereocenters. The van der Waals surface area contributed by atoms with Crippen LogP contribution in [-0.2, 0) is 4.79 Å². The first kappa shape index (κ1) is 13.0. The van der Waals surface area contributed by atoms with Crippen LogP contribution in [0.3, 0.4) is 0 Å². The van der Waals surface area contributed by atoms with E-state index in [-0.39, 0.29) is 11.5 Å². The minimum absolute atomic E-state index is 0.0997. The van der Waals surface area contributed by atoms with Gasteiger partial charge in [0, 0.05) is 17.5 Å². The standard InChI is InChI=1S/C12H16N2O3/c1-4-5-7(2)11(15)14-9-6-13-8(3)10(9)12(16)17/h5-6,13H,4H2,1-3H3,(H,14,15)(H,16,17)/b7-5-. The number of hydrogen-bond acceptors (Lipinski definition) is 2. The van der Waals surface area contributed by atoms with Crippen molar-refractivity contribution in [2.24, 2.45) is 0 Å². The number of H-pyrrole nitrogens is 1. The van der Waals surface area contributed by atoms with E-state index in [9.17, 15) is 9.59 Å². The number of carbonyl (C=O) groups excluding carboxylic acids is 1. The highest BCUT2D eigenvalue weighted by atomic mass is 16.4. The average molecular weight is 236 g/mol. The molecule has 0 aromatic carbocycles. The van der Waals surface area contributed by atoms with E-state index in [4.69, 9.17) is 5.11 Å². The Hall–Kier alpha value is -2.04. The van der Waals surface area contributed by atoms with Crippen LogP contribution in [0, 0.1) is 6.92 Å². The minimum Gasteiger partial charge on any atom is -0.478 e. The molecular weight excluding hydrogens is 220 g/mol. The summed E-state index contributed by atoms with van der Waals surface area (Å²) < 4.78 is 0. The fraction of sp³-hybridized carbons (Fsp3) is 0.333. The quantitative estimate of drug-likeness (QED) is 0.701. The van der Waals surface area contributed by atoms with Crippen LogP contribution in [0.2, 0.25) is 0 Å². The zero-order valence-electron chi connectivity index (χ0n) is 10.1. The lowest BCUT2D eigenvalue weighted by Crippen LogP contribution is -2.14. The van der Waals surface area contributed by atoms with Crippen molar-refractivity contribution in [3.05, 3.63) is 29.1 Å². The van der Waals surface area contributed by atoms with E-state index >= 15 is 0 Å². The number of carboxylic acid groups (broad SMARTS) is 1. The van der Waals surface area contributed by atoms with E-state index in [2.05, 4.69) is 10.3 Å². The van der Waals surface area contributed by atoms with Crippen LogP contribution < -0.4 is 5.32 Å². The van der Waals surface area contributed by atoms with Crippen molar-refractivity contribution >= 4 is 17.6 Å². The summed E-state index contributed by atoms with van der Waals surface area (Å²) in [6, 6.07) is 0. The molecule has 17 heavy (non-hydrogen) atoms. The third kappa shape index (κ3) is 2.96. The van der Waals surface area contributed by atoms with Gasteiger partial charge in [-0.2, -0.15) is 0 Å². The molecular formula is C12H16N2O3. The van der Waals surface area contributed by atoms with Crippen LogP contribution in [0.25, 0.3) is 0 Å². The number of carboxylic acids is 1. The fourth-order valence-electron chi connectivity index (χ4n) is 1.52. The molecule has 1 rings (SSSR count). The maximum atomic E-state index is 11.7. The van der Waals surface area contributed by atoms with Crippen LogP contribution in [0.15, 0.2) is 17.8 Å². The summed E-state index contributed by atoms with van der Waals surface area (Å²) in [5.74, 6) is -1.34. The number of rotatable bonds is 4. The van der Waals surface area contributed by atoms with Crippen LogP contribution >= 0.6 is 0 Å². The second-order valence-electron chi connectivity index (χ2n) is 3.76. The molecule has 0 aliphatic heterocycles. The summed E-state index contributed by atoms with van der Waals surface area (Å²) in [7, 11) is 0. The first-order valence-corrected chi connectivity index (χ1v) is 5.36. The molecule has 1 aromatic heterocycles. The molecule has 0 bridgehead atoms. The number of aromatic nitrogens is 1. The number of nitrogens with one attached hydrogen (secondary N) is 2. The average Bonchev–Trinajstić information content (AvgIpc) is 2.60. The molecule has 0 atom stereocenters. The molecule has 5 nitrogen and oxygen atoms in total. The molecule has 0 aliphatic rings. The van der Waals surface area contributed by atoms with Crippen LogP contribution in [-0.4, -0.2) is 22.0 Å². The molecule has 0 saturated carbocycles. The molecule has 0 fully saturated rings. The van der Waals surface area contributed by atoms with Crippen LogP contribution in [0.4, 0.5) is 5.69 Å². The number of aryl methyl sites for hydroxylation is 1. The van der Waals surface area contributed by atoms with Gasteiger partial charge in [-0.05, 0) is 20.3 Å². The topological polar surface area (TPSA) is 82.2 Å². The van der Waals surface area contributed by atoms with E-state index in [0.717, 1.165) is 6.42 Å². The highest BCUT2D eigenvalue weighted by Gasteiger charge is 2.17. The van der Waals surface area contributed by atoms with Crippen molar-refractivity contribution in [2.45, 2.75) is 27.2 Å². The number of amides is 1. The van der Waals surface area contributed by atoms with E-state index < -0.39 is 5.97 Å². The first-order valence-electron chi connectivity index (χ1n) is 5.36. The fourth-order valence-corrected chi connectivity index (χ4v) is 1.52. The first-order chi connectivity index (χ1) is 7.97. The van der Waals surface area contributed by atoms with Crippen molar-refractivity contribution in [3.8, 4) is 0 Å². The lowest BCUT2D eigenvalue weighted by atomic mass is 10.2. The van der Waals surface area contributed by atoms with Crippen LogP contribution in [0.5, 0.6) is 0 Å². The SMILES string of the molecule is CC/C=C(/C)C(=O)Nc1c[nH]c(C)c1C(=O)O. The van der Waals surface area contributed by atoms with Gasteiger partial charge in [-0.25, -0.2) is 4.79 Å². The summed E-state index contributed by atoms with van der Waals surface area (Å²) in [5.41, 5.74) is 1.49. The second kappa shape index (κ2) is 5.34. The summed E-state index contributed by atoms with van der Waals surface area (Å²) >= 11 is 0. The van der Waals surface area contributed by atoms with E-state index in [1.807, 2.05) is 6.92 Å². The molecule has 92 valence electrons. The van der Waals surface area contributed by atoms with Crippen molar-refractivity contribution in [3.63, 3.8) is 0 Å². The molecule has 0 spiro atoms. The summed E-state index contributed by atoms with van der Waals surface area (Å²) in [6.07, 6.45) is 4.03. The summed E-state index contributed by atoms with van der Waals surface area (Å²) in [5, 5.41) is 11.6. The maximum absolute atomic E-state index is 11.7. The van der Waals surface area contributed by atoms with E-state index in [1.165, 1.54) is 6.20 Å². The largest absolute Gasteiger partial charge is 0.478 e. The third-order valence-electron chi connectivity index (χ3n) is 2.41. The number of allylic oxidation sites excluding steroid dienone is 1. The number of aromatic amines is 1. The lowest BCUT2D eigenvalue weighted by molar-refractivity contribution is -0.112. The van der Waals surface area contributed by atoms with Gasteiger partial charge in [-0.1, -0.05) is 13.0 Å². The van der Waals surface area contributed by atoms with Gasteiger partial charge in [0.25, 0.3) is 5.91 Å². The lowest BCUT2D eigenvalue weighted by Gasteiger charge is -2.04. The predicted octanol–water partition coefficient (Wildman–Crippen LogP) is 2.32. The molecule has 3 N–H and O–H groups in total. The molecule has 1 heterocycles. The number of hydrogen-bond donors (Lipinski definition) is 3. The molecule has 1 amide bonds. The third-order valence-corrected chi connectivity index (χ3v) is 2.41. The number of anilines is 1. The summed E-state index contributed by atoms with van der Waals surface area (Å²) in [4.78, 5) is 25.5. The Morgan fingerprint density at radius 3 is 2.71 bits per heavy atom. The predicted molar refractivity (Wildman–Crippen MR) is 65.2 cm³/mol. The van der Waals surface area contributed by atoms with E-state index in [1.54, 1.807) is 19.9 Å². The van der Waals surface area contributed by atoms with Crippen molar-refractivity contribution in [1.29, 1.82) is 0 Å². The summed E-state index contributed by atoms with van der Waals surface area (Å²) in [6.45, 7) is 5.27. The van der Waals surface area contributed by atoms with Gasteiger partial charge in [-0.15, -0.1) is 0 Å². The second-order valence-corrected chi connectivity index (χ2v) is 3.76. The monoisotopic (exact) mass is 236 g/mol. The zero-order valence-corrected chi connectivity index (χ0v) is 10.1. The Bertz CT molecular complexity index is 472. The van der Waals surface area contributed by atoms with Gasteiger partial charge in [0.2, 0.25) is 0 Å². The molecule has 0 aliphatic carbocycles. The van der Waals surface area contributed by atoms with Gasteiger partial charge < -0.3 is 15.4 Å². The maximum Gasteiger partial charge on any atom is 0.339 e. The Labute approximate surface area is 99.5 Å². The van der Waals surface area contributed by atoms with Gasteiger partial charge in [0.05, 0.1) is 5.69 Å². The Morgan fingerprint density at radius 2 is 2.18 bits per heavy atom. The Kier molecular flexibility index (Phi) is 4.09.